The molecule has 0 radical (unpaired) electrons. The first kappa shape index (κ1) is 27.2. The third kappa shape index (κ3) is 15.2. The molecule has 0 saturated carbocycles. The van der Waals surface area contributed by atoms with Crippen molar-refractivity contribution in [1.82, 2.24) is 16.0 Å². The predicted octanol–water partition coefficient (Wildman–Crippen LogP) is 2.66. The lowest BCUT2D eigenvalue weighted by molar-refractivity contribution is -0.0320. The van der Waals surface area contributed by atoms with Crippen LogP contribution < -0.4 is 16.0 Å². The molecule has 0 aromatic rings. The van der Waals surface area contributed by atoms with Crippen LogP contribution in [0, 0.1) is 0 Å². The van der Waals surface area contributed by atoms with E-state index in [1.165, 1.54) is 0 Å². The molecular weight excluding hydrogens is 475 g/mol. The zero-order chi connectivity index (χ0) is 20.0. The van der Waals surface area contributed by atoms with Crippen molar-refractivity contribution in [3.8, 4) is 0 Å². The Balaban J connectivity index is 0.00000729. The molecular formula is C19H39IN4O4. The SMILES string of the molecule is CCNC(=NCCCNC(=O)OC(C)(C)C)NCCCOC1CCOCC1.I. The van der Waals surface area contributed by atoms with Gasteiger partial charge in [-0.15, -0.1) is 24.0 Å². The summed E-state index contributed by atoms with van der Waals surface area (Å²) in [6.45, 7) is 12.7. The van der Waals surface area contributed by atoms with E-state index >= 15 is 0 Å². The van der Waals surface area contributed by atoms with Gasteiger partial charge in [0.15, 0.2) is 5.96 Å². The van der Waals surface area contributed by atoms with Gasteiger partial charge in [0.05, 0.1) is 6.10 Å². The highest BCUT2D eigenvalue weighted by molar-refractivity contribution is 14.0. The summed E-state index contributed by atoms with van der Waals surface area (Å²) in [4.78, 5) is 16.1. The Hall–Kier alpha value is -0.810. The van der Waals surface area contributed by atoms with Gasteiger partial charge in [-0.2, -0.15) is 0 Å². The van der Waals surface area contributed by atoms with E-state index in [1.54, 1.807) is 0 Å². The van der Waals surface area contributed by atoms with Crippen LogP contribution >= 0.6 is 24.0 Å². The van der Waals surface area contributed by atoms with Crippen molar-refractivity contribution in [3.63, 3.8) is 0 Å². The zero-order valence-electron chi connectivity index (χ0n) is 17.8. The quantitative estimate of drug-likeness (QED) is 0.180. The molecule has 1 saturated heterocycles. The summed E-state index contributed by atoms with van der Waals surface area (Å²) in [5, 5.41) is 9.27. The number of nitrogens with one attached hydrogen (secondary N) is 3. The average Bonchev–Trinajstić information content (AvgIpc) is 2.60. The summed E-state index contributed by atoms with van der Waals surface area (Å²) in [5.74, 6) is 0.792. The second-order valence-corrected chi connectivity index (χ2v) is 7.51. The summed E-state index contributed by atoms with van der Waals surface area (Å²) < 4.78 is 16.4. The second-order valence-electron chi connectivity index (χ2n) is 7.51. The molecule has 0 aromatic carbocycles. The van der Waals surface area contributed by atoms with E-state index < -0.39 is 5.60 Å². The Labute approximate surface area is 186 Å². The van der Waals surface area contributed by atoms with Gasteiger partial charge in [-0.05, 0) is 53.4 Å². The van der Waals surface area contributed by atoms with Crippen molar-refractivity contribution in [2.24, 2.45) is 4.99 Å². The lowest BCUT2D eigenvalue weighted by Crippen LogP contribution is -2.38. The highest BCUT2D eigenvalue weighted by Gasteiger charge is 2.15. The summed E-state index contributed by atoms with van der Waals surface area (Å²) in [5.41, 5.74) is -0.473. The van der Waals surface area contributed by atoms with Gasteiger partial charge in [-0.1, -0.05) is 0 Å². The van der Waals surface area contributed by atoms with Gasteiger partial charge < -0.3 is 30.2 Å². The van der Waals surface area contributed by atoms with Crippen LogP contribution in [0.25, 0.3) is 0 Å². The Kier molecular flexibility index (Phi) is 15.6. The van der Waals surface area contributed by atoms with Crippen LogP contribution in [0.2, 0.25) is 0 Å². The molecule has 1 heterocycles. The number of carbonyl (C=O) groups excluding carboxylic acids is 1. The van der Waals surface area contributed by atoms with Crippen LogP contribution in [0.4, 0.5) is 4.79 Å². The number of guanidine groups is 1. The van der Waals surface area contributed by atoms with E-state index in [2.05, 4.69) is 20.9 Å². The van der Waals surface area contributed by atoms with Gasteiger partial charge in [0.2, 0.25) is 0 Å². The normalized spacial score (nSPS) is 15.5. The Bertz CT molecular complexity index is 438. The zero-order valence-corrected chi connectivity index (χ0v) is 20.2. The molecule has 28 heavy (non-hydrogen) atoms. The fourth-order valence-corrected chi connectivity index (χ4v) is 2.49. The lowest BCUT2D eigenvalue weighted by atomic mass is 10.1. The van der Waals surface area contributed by atoms with Crippen LogP contribution in [0.5, 0.6) is 0 Å². The first-order chi connectivity index (χ1) is 12.9. The maximum Gasteiger partial charge on any atom is 0.407 e. The highest BCUT2D eigenvalue weighted by Crippen LogP contribution is 2.10. The first-order valence-corrected chi connectivity index (χ1v) is 10.1. The van der Waals surface area contributed by atoms with Gasteiger partial charge in [0.25, 0.3) is 0 Å². The molecule has 0 atom stereocenters. The summed E-state index contributed by atoms with van der Waals surface area (Å²) in [6.07, 6.45) is 3.63. The number of alkyl carbamates (subject to hydrolysis) is 1. The van der Waals surface area contributed by atoms with E-state index in [4.69, 9.17) is 14.2 Å². The molecule has 0 aromatic heterocycles. The molecule has 166 valence electrons. The summed E-state index contributed by atoms with van der Waals surface area (Å²) in [7, 11) is 0. The van der Waals surface area contributed by atoms with Crippen LogP contribution in [-0.4, -0.2) is 69.8 Å². The molecule has 1 rings (SSSR count). The molecule has 0 spiro atoms. The maximum atomic E-state index is 11.6. The van der Waals surface area contributed by atoms with Crippen molar-refractivity contribution in [2.45, 2.75) is 65.1 Å². The van der Waals surface area contributed by atoms with Gasteiger partial charge in [-0.3, -0.25) is 4.99 Å². The summed E-state index contributed by atoms with van der Waals surface area (Å²) >= 11 is 0. The third-order valence-corrected chi connectivity index (χ3v) is 3.75. The average molecular weight is 514 g/mol. The van der Waals surface area contributed by atoms with E-state index in [-0.39, 0.29) is 30.1 Å². The van der Waals surface area contributed by atoms with Gasteiger partial charge in [-0.25, -0.2) is 4.79 Å². The molecule has 0 bridgehead atoms. The molecule has 3 N–H and O–H groups in total. The monoisotopic (exact) mass is 514 g/mol. The number of ether oxygens (including phenoxy) is 3. The number of aliphatic imine (C=N–C) groups is 1. The number of rotatable bonds is 10. The van der Waals surface area contributed by atoms with E-state index in [0.717, 1.165) is 64.6 Å². The Morgan fingerprint density at radius 2 is 1.79 bits per heavy atom. The molecule has 0 unspecified atom stereocenters. The largest absolute Gasteiger partial charge is 0.444 e. The second kappa shape index (κ2) is 16.0. The molecule has 1 amide bonds. The van der Waals surface area contributed by atoms with Crippen molar-refractivity contribution in [3.05, 3.63) is 0 Å². The predicted molar refractivity (Wildman–Crippen MR) is 123 cm³/mol. The third-order valence-electron chi connectivity index (χ3n) is 3.75. The van der Waals surface area contributed by atoms with Crippen molar-refractivity contribution >= 4 is 36.0 Å². The fourth-order valence-electron chi connectivity index (χ4n) is 2.49. The number of halogens is 1. The standard InChI is InChI=1S/C19H38N4O4.HI/c1-5-20-17(21-10-6-11-23-18(24)27-19(2,3)4)22-12-7-13-26-16-8-14-25-15-9-16;/h16H,5-15H2,1-4H3,(H,23,24)(H2,20,21,22);1H. The van der Waals surface area contributed by atoms with Crippen LogP contribution in [0.1, 0.15) is 53.4 Å². The minimum atomic E-state index is -0.473. The van der Waals surface area contributed by atoms with Gasteiger partial charge in [0.1, 0.15) is 5.60 Å². The Morgan fingerprint density at radius 3 is 2.43 bits per heavy atom. The molecule has 0 aliphatic carbocycles. The maximum absolute atomic E-state index is 11.6. The molecule has 1 fully saturated rings. The minimum Gasteiger partial charge on any atom is -0.444 e. The Morgan fingerprint density at radius 1 is 1.11 bits per heavy atom. The number of hydrogen-bond acceptors (Lipinski definition) is 5. The summed E-state index contributed by atoms with van der Waals surface area (Å²) in [6, 6.07) is 0. The van der Waals surface area contributed by atoms with Crippen LogP contribution in [0.15, 0.2) is 4.99 Å². The number of carbonyl (C=O) groups is 1. The van der Waals surface area contributed by atoms with Crippen LogP contribution in [0.3, 0.4) is 0 Å². The van der Waals surface area contributed by atoms with Gasteiger partial charge >= 0.3 is 6.09 Å². The first-order valence-electron chi connectivity index (χ1n) is 10.1. The lowest BCUT2D eigenvalue weighted by Gasteiger charge is -2.22. The minimum absolute atomic E-state index is 0. The molecule has 1 aliphatic rings. The topological polar surface area (TPSA) is 93.2 Å². The molecule has 9 heteroatoms. The smallest absolute Gasteiger partial charge is 0.407 e. The number of amides is 1. The van der Waals surface area contributed by atoms with Crippen molar-refractivity contribution in [1.29, 1.82) is 0 Å². The van der Waals surface area contributed by atoms with Gasteiger partial charge in [0, 0.05) is 46.0 Å². The number of nitrogens with zero attached hydrogens (tertiary/aromatic N) is 1. The fraction of sp³-hybridized carbons (Fsp3) is 0.895. The van der Waals surface area contributed by atoms with Crippen molar-refractivity contribution < 1.29 is 19.0 Å². The number of hydrogen-bond donors (Lipinski definition) is 3. The van der Waals surface area contributed by atoms with Crippen LogP contribution in [-0.2, 0) is 14.2 Å². The van der Waals surface area contributed by atoms with E-state index in [0.29, 0.717) is 19.2 Å². The van der Waals surface area contributed by atoms with Crippen molar-refractivity contribution in [2.75, 3.05) is 46.0 Å². The highest BCUT2D eigenvalue weighted by atomic mass is 127. The molecule has 8 nitrogen and oxygen atoms in total. The molecule has 1 aliphatic heterocycles. The van der Waals surface area contributed by atoms with E-state index in [9.17, 15) is 4.79 Å². The van der Waals surface area contributed by atoms with E-state index in [1.807, 2.05) is 27.7 Å².